The highest BCUT2D eigenvalue weighted by atomic mass is 16.5. The van der Waals surface area contributed by atoms with E-state index in [9.17, 15) is 19.2 Å². The molecule has 0 saturated carbocycles. The average Bonchev–Trinajstić information content (AvgIpc) is 2.94. The van der Waals surface area contributed by atoms with E-state index in [1.54, 1.807) is 13.8 Å². The van der Waals surface area contributed by atoms with Crippen molar-refractivity contribution in [1.82, 2.24) is 0 Å². The fourth-order valence-electron chi connectivity index (χ4n) is 2.03. The monoisotopic (exact) mass is 568 g/mol. The molecule has 8 heteroatoms. The molecular formula is C32H56O8. The van der Waals surface area contributed by atoms with Crippen LogP contribution in [0, 0.1) is 0 Å². The molecule has 40 heavy (non-hydrogen) atoms. The van der Waals surface area contributed by atoms with Gasteiger partial charge in [0.2, 0.25) is 0 Å². The Balaban J connectivity index is -0.000000217. The first-order valence-electron chi connectivity index (χ1n) is 14.2. The smallest absolute Gasteiger partial charge is 0.333 e. The van der Waals surface area contributed by atoms with E-state index >= 15 is 0 Å². The Morgan fingerprint density at radius 3 is 1.05 bits per heavy atom. The molecule has 0 aliphatic carbocycles. The van der Waals surface area contributed by atoms with Gasteiger partial charge in [0.15, 0.2) is 0 Å². The van der Waals surface area contributed by atoms with Crippen LogP contribution >= 0.6 is 0 Å². The van der Waals surface area contributed by atoms with Crippen molar-refractivity contribution in [2.75, 3.05) is 26.4 Å². The zero-order valence-electron chi connectivity index (χ0n) is 26.1. The third-order valence-corrected chi connectivity index (χ3v) is 4.48. The van der Waals surface area contributed by atoms with Gasteiger partial charge in [-0.05, 0) is 39.5 Å². The molecule has 0 aromatic heterocycles. The third-order valence-electron chi connectivity index (χ3n) is 4.48. The van der Waals surface area contributed by atoms with Crippen molar-refractivity contribution < 1.29 is 38.1 Å². The molecule has 0 rings (SSSR count). The molecule has 0 N–H and O–H groups in total. The molecule has 232 valence electrons. The summed E-state index contributed by atoms with van der Waals surface area (Å²) in [4.78, 5) is 42.3. The molecule has 0 aliphatic rings. The number of hydrogen-bond donors (Lipinski definition) is 0. The topological polar surface area (TPSA) is 105 Å². The minimum Gasteiger partial charge on any atom is -0.463 e. The fourth-order valence-corrected chi connectivity index (χ4v) is 2.03. The molecular weight excluding hydrogens is 512 g/mol. The zero-order chi connectivity index (χ0) is 31.6. The highest BCUT2D eigenvalue weighted by Crippen LogP contribution is 1.98. The van der Waals surface area contributed by atoms with Gasteiger partial charge >= 0.3 is 23.9 Å². The van der Waals surface area contributed by atoms with E-state index < -0.39 is 0 Å². The van der Waals surface area contributed by atoms with Crippen molar-refractivity contribution in [3.05, 3.63) is 49.6 Å². The van der Waals surface area contributed by atoms with E-state index in [0.29, 0.717) is 37.6 Å². The molecule has 0 heterocycles. The predicted octanol–water partition coefficient (Wildman–Crippen LogP) is 7.62. The molecule has 0 amide bonds. The van der Waals surface area contributed by atoms with Gasteiger partial charge in [0, 0.05) is 23.3 Å². The molecule has 0 saturated heterocycles. The number of rotatable bonds is 18. The van der Waals surface area contributed by atoms with E-state index in [1.807, 2.05) is 6.92 Å². The first kappa shape index (κ1) is 43.9. The predicted molar refractivity (Wildman–Crippen MR) is 163 cm³/mol. The Labute approximate surface area is 243 Å². The van der Waals surface area contributed by atoms with Gasteiger partial charge < -0.3 is 18.9 Å². The minimum atomic E-state index is -0.330. The molecule has 0 fully saturated rings. The highest BCUT2D eigenvalue weighted by Gasteiger charge is 2.01. The zero-order valence-corrected chi connectivity index (χ0v) is 26.1. The largest absolute Gasteiger partial charge is 0.463 e. The number of hydrogen-bond acceptors (Lipinski definition) is 8. The Hall–Kier alpha value is -3.16. The Morgan fingerprint density at radius 1 is 0.500 bits per heavy atom. The number of ether oxygens (including phenoxy) is 4. The quantitative estimate of drug-likeness (QED) is 0.0719. The normalized spacial score (nSPS) is 8.95. The second-order valence-electron chi connectivity index (χ2n) is 8.70. The molecule has 0 unspecified atom stereocenters. The molecule has 0 bridgehead atoms. The van der Waals surface area contributed by atoms with Gasteiger partial charge in [0.25, 0.3) is 0 Å². The summed E-state index contributed by atoms with van der Waals surface area (Å²) in [5.74, 6) is -1.21. The Morgan fingerprint density at radius 2 is 0.775 bits per heavy atom. The van der Waals surface area contributed by atoms with Crippen LogP contribution in [0.25, 0.3) is 0 Å². The van der Waals surface area contributed by atoms with Crippen LogP contribution < -0.4 is 0 Å². The maximum atomic E-state index is 10.8. The lowest BCUT2D eigenvalue weighted by Crippen LogP contribution is -2.05. The van der Waals surface area contributed by atoms with Crippen LogP contribution in [0.5, 0.6) is 0 Å². The first-order chi connectivity index (χ1) is 19.0. The average molecular weight is 569 g/mol. The minimum absolute atomic E-state index is 0.277. The lowest BCUT2D eigenvalue weighted by Gasteiger charge is -2.02. The lowest BCUT2D eigenvalue weighted by molar-refractivity contribution is -0.139. The van der Waals surface area contributed by atoms with Crippen LogP contribution in [0.1, 0.15) is 106 Å². The number of carbonyl (C=O) groups is 4. The summed E-state index contributed by atoms with van der Waals surface area (Å²) in [5.41, 5.74) is 0.942. The van der Waals surface area contributed by atoms with E-state index in [2.05, 4.69) is 51.8 Å². The summed E-state index contributed by atoms with van der Waals surface area (Å²) in [6.07, 6.45) is 12.7. The van der Waals surface area contributed by atoms with Crippen molar-refractivity contribution in [2.45, 2.75) is 106 Å². The summed E-state index contributed by atoms with van der Waals surface area (Å²) in [5, 5.41) is 0. The summed E-state index contributed by atoms with van der Waals surface area (Å²) in [6.45, 7) is 27.2. The van der Waals surface area contributed by atoms with Crippen LogP contribution in [-0.2, 0) is 38.1 Å². The summed E-state index contributed by atoms with van der Waals surface area (Å²) < 4.78 is 19.1. The van der Waals surface area contributed by atoms with Gasteiger partial charge in [-0.1, -0.05) is 92.5 Å². The van der Waals surface area contributed by atoms with Crippen LogP contribution in [0.3, 0.4) is 0 Å². The molecule has 8 nitrogen and oxygen atoms in total. The summed E-state index contributed by atoms with van der Waals surface area (Å²) >= 11 is 0. The molecule has 0 aliphatic heterocycles. The molecule has 0 aromatic carbocycles. The van der Waals surface area contributed by atoms with Gasteiger partial charge in [0.05, 0.1) is 26.4 Å². The third kappa shape index (κ3) is 41.9. The first-order valence-corrected chi connectivity index (χ1v) is 14.2. The molecule has 0 radical (unpaired) electrons. The van der Waals surface area contributed by atoms with Crippen molar-refractivity contribution >= 4 is 23.9 Å². The van der Waals surface area contributed by atoms with Gasteiger partial charge in [-0.3, -0.25) is 0 Å². The lowest BCUT2D eigenvalue weighted by atomic mass is 10.3. The van der Waals surface area contributed by atoms with Gasteiger partial charge in [-0.2, -0.15) is 0 Å². The van der Waals surface area contributed by atoms with Crippen LogP contribution in [-0.4, -0.2) is 50.3 Å². The SMILES string of the molecule is C=C(C)C(=O)OCCCC.C=C(C)C(=O)OCCCCC.C=CC(=O)OCCCC.C=CC(=O)OCCCCC. The van der Waals surface area contributed by atoms with Crippen LogP contribution in [0.15, 0.2) is 49.6 Å². The van der Waals surface area contributed by atoms with Crippen LogP contribution in [0.4, 0.5) is 0 Å². The van der Waals surface area contributed by atoms with Crippen molar-refractivity contribution in [1.29, 1.82) is 0 Å². The fraction of sp³-hybridized carbons (Fsp3) is 0.625. The molecule has 0 spiro atoms. The van der Waals surface area contributed by atoms with E-state index in [0.717, 1.165) is 64.2 Å². The van der Waals surface area contributed by atoms with Crippen molar-refractivity contribution in [2.24, 2.45) is 0 Å². The molecule has 0 atom stereocenters. The maximum absolute atomic E-state index is 10.8. The second kappa shape index (κ2) is 35.8. The number of unbranched alkanes of at least 4 members (excludes halogenated alkanes) is 6. The Kier molecular flexibility index (Phi) is 39.3. The highest BCUT2D eigenvalue weighted by molar-refractivity contribution is 5.87. The van der Waals surface area contributed by atoms with Gasteiger partial charge in [0.1, 0.15) is 0 Å². The standard InChI is InChI=1S/C9H16O2.2C8H14O2.C7H12O2/c1-4-5-6-7-11-9(10)8(2)3;1-4-5-6-10-8(9)7(2)3;1-3-5-6-7-10-8(9)4-2;1-3-5-6-9-7(8)4-2/h2,4-7H2,1,3H3;2,4-6H2,1,3H3;4H,2-3,5-7H2,1H3;4H,2-3,5-6H2,1H3. The summed E-state index contributed by atoms with van der Waals surface area (Å²) in [7, 11) is 0. The van der Waals surface area contributed by atoms with Crippen molar-refractivity contribution in [3.8, 4) is 0 Å². The molecule has 0 aromatic rings. The van der Waals surface area contributed by atoms with Gasteiger partial charge in [-0.25, -0.2) is 19.2 Å². The van der Waals surface area contributed by atoms with Crippen LogP contribution in [0.2, 0.25) is 0 Å². The van der Waals surface area contributed by atoms with E-state index in [-0.39, 0.29) is 23.9 Å². The van der Waals surface area contributed by atoms with E-state index in [1.165, 1.54) is 12.2 Å². The summed E-state index contributed by atoms with van der Waals surface area (Å²) in [6, 6.07) is 0. The van der Waals surface area contributed by atoms with E-state index in [4.69, 9.17) is 14.2 Å². The van der Waals surface area contributed by atoms with Crippen molar-refractivity contribution in [3.63, 3.8) is 0 Å². The van der Waals surface area contributed by atoms with Gasteiger partial charge in [-0.15, -0.1) is 0 Å². The number of carbonyl (C=O) groups excluding carboxylic acids is 4. The Bertz CT molecular complexity index is 708. The second-order valence-corrected chi connectivity index (χ2v) is 8.70. The number of esters is 4. The maximum Gasteiger partial charge on any atom is 0.333 e.